The average Bonchev–Trinajstić information content (AvgIpc) is 3.65. The number of fused-ring (bicyclic) bond motifs is 3. The SMILES string of the molecule is O=C(NCC(CC1CC1)C(=O)N1CCC(C(=O)O)CC1)OCC1c2ccccc2-c2ccccc21. The Kier molecular flexibility index (Phi) is 6.75. The number of rotatable bonds is 8. The summed E-state index contributed by atoms with van der Waals surface area (Å²) in [7, 11) is 0. The quantitative estimate of drug-likeness (QED) is 0.593. The van der Waals surface area contributed by atoms with Crippen molar-refractivity contribution >= 4 is 18.0 Å². The van der Waals surface area contributed by atoms with Crippen molar-refractivity contribution in [1.29, 1.82) is 0 Å². The van der Waals surface area contributed by atoms with E-state index in [4.69, 9.17) is 4.74 Å². The lowest BCUT2D eigenvalue weighted by molar-refractivity contribution is -0.146. The molecule has 2 aromatic carbocycles. The highest BCUT2D eigenvalue weighted by Crippen LogP contribution is 2.44. The Morgan fingerprint density at radius 2 is 1.54 bits per heavy atom. The van der Waals surface area contributed by atoms with E-state index in [0.717, 1.165) is 30.4 Å². The Labute approximate surface area is 205 Å². The van der Waals surface area contributed by atoms with Gasteiger partial charge in [0.25, 0.3) is 0 Å². The largest absolute Gasteiger partial charge is 0.481 e. The number of nitrogens with one attached hydrogen (secondary N) is 1. The van der Waals surface area contributed by atoms with E-state index in [-0.39, 0.29) is 36.8 Å². The number of carbonyl (C=O) groups excluding carboxylic acids is 2. The molecule has 1 saturated heterocycles. The fourth-order valence-electron chi connectivity index (χ4n) is 5.49. The van der Waals surface area contributed by atoms with E-state index in [9.17, 15) is 19.5 Å². The van der Waals surface area contributed by atoms with Gasteiger partial charge < -0.3 is 20.1 Å². The van der Waals surface area contributed by atoms with Crippen LogP contribution in [0.5, 0.6) is 0 Å². The lowest BCUT2D eigenvalue weighted by Gasteiger charge is -2.33. The third kappa shape index (κ3) is 5.19. The number of amides is 2. The molecule has 0 bridgehead atoms. The molecular formula is C28H32N2O5. The Bertz CT molecular complexity index is 1060. The van der Waals surface area contributed by atoms with Crippen LogP contribution >= 0.6 is 0 Å². The average molecular weight is 477 g/mol. The summed E-state index contributed by atoms with van der Waals surface area (Å²) in [5, 5.41) is 12.0. The van der Waals surface area contributed by atoms with Gasteiger partial charge in [0.2, 0.25) is 5.91 Å². The Hall–Kier alpha value is -3.35. The van der Waals surface area contributed by atoms with Crippen molar-refractivity contribution in [2.24, 2.45) is 17.8 Å². The number of hydrogen-bond donors (Lipinski definition) is 2. The zero-order chi connectivity index (χ0) is 24.4. The smallest absolute Gasteiger partial charge is 0.407 e. The Morgan fingerprint density at radius 3 is 2.11 bits per heavy atom. The standard InChI is InChI=1S/C28H32N2O5/c31-26(30-13-11-19(12-14-30)27(32)33)20(15-18-9-10-18)16-29-28(34)35-17-25-23-7-3-1-5-21(23)22-6-2-4-8-24(22)25/h1-8,18-20,25H,9-17H2,(H,29,34)(H,32,33). The van der Waals surface area contributed by atoms with Crippen LogP contribution in [0, 0.1) is 17.8 Å². The molecular weight excluding hydrogens is 444 g/mol. The van der Waals surface area contributed by atoms with Gasteiger partial charge in [0, 0.05) is 25.6 Å². The Balaban J connectivity index is 1.16. The highest BCUT2D eigenvalue weighted by atomic mass is 16.5. The van der Waals surface area contributed by atoms with E-state index in [2.05, 4.69) is 29.6 Å². The number of alkyl carbamates (subject to hydrolysis) is 1. The fraction of sp³-hybridized carbons (Fsp3) is 0.464. The molecule has 184 valence electrons. The molecule has 7 nitrogen and oxygen atoms in total. The van der Waals surface area contributed by atoms with Gasteiger partial charge in [0.15, 0.2) is 0 Å². The van der Waals surface area contributed by atoms with Crippen LogP contribution in [0.1, 0.15) is 49.1 Å². The molecule has 2 fully saturated rings. The lowest BCUT2D eigenvalue weighted by Crippen LogP contribution is -2.46. The van der Waals surface area contributed by atoms with Gasteiger partial charge in [-0.1, -0.05) is 61.4 Å². The van der Waals surface area contributed by atoms with Gasteiger partial charge in [0.1, 0.15) is 6.61 Å². The maximum atomic E-state index is 13.2. The van der Waals surface area contributed by atoms with Gasteiger partial charge in [-0.25, -0.2) is 4.79 Å². The predicted octanol–water partition coefficient (Wildman–Crippen LogP) is 4.26. The molecule has 5 rings (SSSR count). The van der Waals surface area contributed by atoms with E-state index < -0.39 is 12.1 Å². The fourth-order valence-corrected chi connectivity index (χ4v) is 5.49. The molecule has 1 heterocycles. The molecule has 2 aliphatic carbocycles. The van der Waals surface area contributed by atoms with E-state index >= 15 is 0 Å². The third-order valence-electron chi connectivity index (χ3n) is 7.66. The van der Waals surface area contributed by atoms with Crippen LogP contribution in [0.2, 0.25) is 0 Å². The normalized spacial score (nSPS) is 18.5. The summed E-state index contributed by atoms with van der Waals surface area (Å²) in [6.07, 6.45) is 3.45. The van der Waals surface area contributed by atoms with Gasteiger partial charge in [-0.15, -0.1) is 0 Å². The summed E-state index contributed by atoms with van der Waals surface area (Å²) >= 11 is 0. The lowest BCUT2D eigenvalue weighted by atomic mass is 9.94. The minimum absolute atomic E-state index is 0.00688. The summed E-state index contributed by atoms with van der Waals surface area (Å²) in [6.45, 7) is 1.40. The number of nitrogens with zero attached hydrogens (tertiary/aromatic N) is 1. The predicted molar refractivity (Wildman–Crippen MR) is 131 cm³/mol. The van der Waals surface area contributed by atoms with E-state index in [1.54, 1.807) is 4.90 Å². The summed E-state index contributed by atoms with van der Waals surface area (Å²) < 4.78 is 5.64. The first-order valence-corrected chi connectivity index (χ1v) is 12.6. The molecule has 1 saturated carbocycles. The van der Waals surface area contributed by atoms with Gasteiger partial charge in [-0.05, 0) is 47.4 Å². The number of aliphatic carboxylic acids is 1. The number of carboxylic acids is 1. The highest BCUT2D eigenvalue weighted by molar-refractivity contribution is 5.81. The molecule has 35 heavy (non-hydrogen) atoms. The van der Waals surface area contributed by atoms with Crippen LogP contribution in [-0.4, -0.2) is 54.2 Å². The molecule has 2 amide bonds. The molecule has 1 aliphatic heterocycles. The first-order valence-electron chi connectivity index (χ1n) is 12.6. The maximum Gasteiger partial charge on any atom is 0.407 e. The van der Waals surface area contributed by atoms with Crippen molar-refractivity contribution in [2.75, 3.05) is 26.2 Å². The minimum Gasteiger partial charge on any atom is -0.481 e. The van der Waals surface area contributed by atoms with E-state index in [1.165, 1.54) is 11.1 Å². The highest BCUT2D eigenvalue weighted by Gasteiger charge is 2.35. The van der Waals surface area contributed by atoms with Crippen LogP contribution in [0.15, 0.2) is 48.5 Å². The summed E-state index contributed by atoms with van der Waals surface area (Å²) in [5.41, 5.74) is 4.68. The first-order chi connectivity index (χ1) is 17.0. The molecule has 7 heteroatoms. The Morgan fingerprint density at radius 1 is 0.943 bits per heavy atom. The molecule has 0 aromatic heterocycles. The zero-order valence-electron chi connectivity index (χ0n) is 19.8. The molecule has 1 unspecified atom stereocenters. The number of hydrogen-bond acceptors (Lipinski definition) is 4. The van der Waals surface area contributed by atoms with Crippen molar-refractivity contribution in [3.63, 3.8) is 0 Å². The number of likely N-dealkylation sites (tertiary alicyclic amines) is 1. The second kappa shape index (κ2) is 10.1. The molecule has 0 radical (unpaired) electrons. The van der Waals surface area contributed by atoms with Crippen LogP contribution in [0.25, 0.3) is 11.1 Å². The zero-order valence-corrected chi connectivity index (χ0v) is 19.8. The van der Waals surface area contributed by atoms with Gasteiger partial charge in [0.05, 0.1) is 11.8 Å². The maximum absolute atomic E-state index is 13.2. The van der Waals surface area contributed by atoms with Crippen LogP contribution in [-0.2, 0) is 14.3 Å². The molecule has 3 aliphatic rings. The van der Waals surface area contributed by atoms with E-state index in [1.807, 2.05) is 24.3 Å². The van der Waals surface area contributed by atoms with Gasteiger partial charge in [-0.3, -0.25) is 9.59 Å². The first kappa shape index (κ1) is 23.4. The monoisotopic (exact) mass is 476 g/mol. The molecule has 1 atom stereocenters. The van der Waals surface area contributed by atoms with Crippen LogP contribution in [0.3, 0.4) is 0 Å². The summed E-state index contributed by atoms with van der Waals surface area (Å²) in [4.78, 5) is 38.8. The molecule has 2 N–H and O–H groups in total. The second-order valence-corrected chi connectivity index (χ2v) is 10.0. The number of carboxylic acid groups (broad SMARTS) is 1. The van der Waals surface area contributed by atoms with Crippen molar-refractivity contribution in [1.82, 2.24) is 10.2 Å². The van der Waals surface area contributed by atoms with Crippen molar-refractivity contribution in [2.45, 2.75) is 38.0 Å². The van der Waals surface area contributed by atoms with Crippen molar-refractivity contribution < 1.29 is 24.2 Å². The van der Waals surface area contributed by atoms with Crippen LogP contribution < -0.4 is 5.32 Å². The number of benzene rings is 2. The van der Waals surface area contributed by atoms with E-state index in [0.29, 0.717) is 31.8 Å². The van der Waals surface area contributed by atoms with Gasteiger partial charge in [-0.2, -0.15) is 0 Å². The second-order valence-electron chi connectivity index (χ2n) is 10.0. The minimum atomic E-state index is -0.788. The number of piperidine rings is 1. The third-order valence-corrected chi connectivity index (χ3v) is 7.66. The summed E-state index contributed by atoms with van der Waals surface area (Å²) in [6, 6.07) is 16.4. The van der Waals surface area contributed by atoms with Crippen molar-refractivity contribution in [3.8, 4) is 11.1 Å². The topological polar surface area (TPSA) is 95.9 Å². The summed E-state index contributed by atoms with van der Waals surface area (Å²) in [5.74, 6) is -0.926. The van der Waals surface area contributed by atoms with Crippen LogP contribution in [0.4, 0.5) is 4.79 Å². The van der Waals surface area contributed by atoms with Gasteiger partial charge >= 0.3 is 12.1 Å². The van der Waals surface area contributed by atoms with Crippen molar-refractivity contribution in [3.05, 3.63) is 59.7 Å². The number of ether oxygens (including phenoxy) is 1. The molecule has 0 spiro atoms. The number of carbonyl (C=O) groups is 3. The molecule has 2 aromatic rings.